The Labute approximate surface area is 98.2 Å². The molecule has 0 radical (unpaired) electrons. The van der Waals surface area contributed by atoms with Crippen molar-refractivity contribution in [3.63, 3.8) is 0 Å². The van der Waals surface area contributed by atoms with E-state index in [-0.39, 0.29) is 0 Å². The lowest BCUT2D eigenvalue weighted by Crippen LogP contribution is -1.90. The van der Waals surface area contributed by atoms with E-state index in [4.69, 9.17) is 5.11 Å². The smallest absolute Gasteiger partial charge is 0.328 e. The van der Waals surface area contributed by atoms with Gasteiger partial charge in [0.05, 0.1) is 0 Å². The molecule has 0 heterocycles. The van der Waals surface area contributed by atoms with Crippen LogP contribution in [0.15, 0.2) is 24.3 Å². The van der Waals surface area contributed by atoms with Crippen LogP contribution in [0.5, 0.6) is 0 Å². The minimum Gasteiger partial charge on any atom is -0.478 e. The Morgan fingerprint density at radius 2 is 2.31 bits per heavy atom. The third kappa shape index (κ3) is 4.06. The maximum atomic E-state index is 13.3. The maximum Gasteiger partial charge on any atom is 0.328 e. The highest BCUT2D eigenvalue weighted by molar-refractivity contribution is 7.98. The average Bonchev–Trinajstić information content (AvgIpc) is 2.26. The van der Waals surface area contributed by atoms with Crippen molar-refractivity contribution >= 4 is 23.8 Å². The molecular formula is C12H13FO2S. The normalized spacial score (nSPS) is 10.9. The van der Waals surface area contributed by atoms with Crippen LogP contribution in [0, 0.1) is 5.82 Å². The molecule has 0 spiro atoms. The molecule has 0 amide bonds. The van der Waals surface area contributed by atoms with Gasteiger partial charge in [-0.1, -0.05) is 13.0 Å². The first-order chi connectivity index (χ1) is 7.63. The summed E-state index contributed by atoms with van der Waals surface area (Å²) in [4.78, 5) is 10.3. The molecule has 0 bridgehead atoms. The maximum absolute atomic E-state index is 13.3. The number of aliphatic carboxylic acids is 1. The van der Waals surface area contributed by atoms with Crippen molar-refractivity contribution in [3.05, 3.63) is 41.2 Å². The van der Waals surface area contributed by atoms with Crippen LogP contribution in [0.25, 0.3) is 6.08 Å². The van der Waals surface area contributed by atoms with Crippen LogP contribution in [-0.4, -0.2) is 16.8 Å². The topological polar surface area (TPSA) is 37.3 Å². The predicted octanol–water partition coefficient (Wildman–Crippen LogP) is 3.18. The van der Waals surface area contributed by atoms with Crippen molar-refractivity contribution in [1.29, 1.82) is 0 Å². The highest BCUT2D eigenvalue weighted by atomic mass is 32.2. The highest BCUT2D eigenvalue weighted by Crippen LogP contribution is 2.17. The largest absolute Gasteiger partial charge is 0.478 e. The summed E-state index contributed by atoms with van der Waals surface area (Å²) in [6, 6.07) is 4.76. The van der Waals surface area contributed by atoms with Crippen molar-refractivity contribution in [1.82, 2.24) is 0 Å². The highest BCUT2D eigenvalue weighted by Gasteiger charge is 2.01. The van der Waals surface area contributed by atoms with E-state index in [0.29, 0.717) is 5.56 Å². The van der Waals surface area contributed by atoms with Gasteiger partial charge in [0.25, 0.3) is 0 Å². The SMILES string of the molecule is CCSCc1ccc(F)c(C=CC(=O)O)c1. The number of hydrogen-bond acceptors (Lipinski definition) is 2. The summed E-state index contributed by atoms with van der Waals surface area (Å²) in [6.45, 7) is 2.05. The number of halogens is 1. The number of carboxylic acids is 1. The lowest BCUT2D eigenvalue weighted by atomic mass is 10.1. The molecule has 4 heteroatoms. The molecule has 1 aromatic carbocycles. The second kappa shape index (κ2) is 6.33. The Bertz CT molecular complexity index is 402. The van der Waals surface area contributed by atoms with E-state index in [1.54, 1.807) is 23.9 Å². The predicted molar refractivity (Wildman–Crippen MR) is 64.9 cm³/mol. The zero-order valence-corrected chi connectivity index (χ0v) is 9.76. The molecule has 1 rings (SSSR count). The Morgan fingerprint density at radius 1 is 1.56 bits per heavy atom. The zero-order valence-electron chi connectivity index (χ0n) is 8.94. The van der Waals surface area contributed by atoms with Crippen molar-refractivity contribution in [2.75, 3.05) is 5.75 Å². The van der Waals surface area contributed by atoms with Gasteiger partial charge in [0.2, 0.25) is 0 Å². The van der Waals surface area contributed by atoms with E-state index in [0.717, 1.165) is 23.1 Å². The lowest BCUT2D eigenvalue weighted by molar-refractivity contribution is -0.131. The van der Waals surface area contributed by atoms with Crippen LogP contribution >= 0.6 is 11.8 Å². The molecule has 0 aliphatic heterocycles. The molecule has 0 aliphatic carbocycles. The van der Waals surface area contributed by atoms with Crippen LogP contribution in [0.3, 0.4) is 0 Å². The van der Waals surface area contributed by atoms with Crippen LogP contribution in [-0.2, 0) is 10.5 Å². The first kappa shape index (κ1) is 12.8. The number of hydrogen-bond donors (Lipinski definition) is 1. The molecule has 0 aromatic heterocycles. The van der Waals surface area contributed by atoms with Gasteiger partial charge in [0.1, 0.15) is 5.82 Å². The van der Waals surface area contributed by atoms with Crippen LogP contribution in [0.4, 0.5) is 4.39 Å². The summed E-state index contributed by atoms with van der Waals surface area (Å²) in [6.07, 6.45) is 2.22. The van der Waals surface area contributed by atoms with E-state index >= 15 is 0 Å². The molecule has 1 N–H and O–H groups in total. The van der Waals surface area contributed by atoms with Gasteiger partial charge < -0.3 is 5.11 Å². The van der Waals surface area contributed by atoms with Gasteiger partial charge in [-0.15, -0.1) is 0 Å². The number of benzene rings is 1. The molecule has 0 atom stereocenters. The monoisotopic (exact) mass is 240 g/mol. The Balaban J connectivity index is 2.85. The van der Waals surface area contributed by atoms with Crippen molar-refractivity contribution in [2.45, 2.75) is 12.7 Å². The Hall–Kier alpha value is -1.29. The summed E-state index contributed by atoms with van der Waals surface area (Å²) < 4.78 is 13.3. The molecule has 0 fully saturated rings. The third-order valence-electron chi connectivity index (χ3n) is 1.94. The number of carboxylic acid groups (broad SMARTS) is 1. The summed E-state index contributed by atoms with van der Waals surface area (Å²) in [7, 11) is 0. The number of carbonyl (C=O) groups is 1. The van der Waals surface area contributed by atoms with Gasteiger partial charge in [-0.25, -0.2) is 9.18 Å². The molecule has 16 heavy (non-hydrogen) atoms. The van der Waals surface area contributed by atoms with Gasteiger partial charge in [0, 0.05) is 17.4 Å². The van der Waals surface area contributed by atoms with E-state index < -0.39 is 11.8 Å². The minimum absolute atomic E-state index is 0.316. The van der Waals surface area contributed by atoms with Gasteiger partial charge in [0.15, 0.2) is 0 Å². The van der Waals surface area contributed by atoms with E-state index in [9.17, 15) is 9.18 Å². The molecule has 1 aromatic rings. The number of rotatable bonds is 5. The van der Waals surface area contributed by atoms with E-state index in [1.807, 2.05) is 0 Å². The van der Waals surface area contributed by atoms with Crippen LogP contribution in [0.1, 0.15) is 18.1 Å². The second-order valence-corrected chi connectivity index (χ2v) is 4.44. The van der Waals surface area contributed by atoms with Crippen LogP contribution < -0.4 is 0 Å². The van der Waals surface area contributed by atoms with E-state index in [1.165, 1.54) is 12.1 Å². The average molecular weight is 240 g/mol. The van der Waals surface area contributed by atoms with Crippen molar-refractivity contribution in [2.24, 2.45) is 0 Å². The summed E-state index contributed by atoms with van der Waals surface area (Å²) >= 11 is 1.74. The quantitative estimate of drug-likeness (QED) is 0.803. The molecule has 86 valence electrons. The molecule has 0 unspecified atom stereocenters. The van der Waals surface area contributed by atoms with E-state index in [2.05, 4.69) is 6.92 Å². The summed E-state index contributed by atoms with van der Waals surface area (Å²) in [5, 5.41) is 8.46. The van der Waals surface area contributed by atoms with Gasteiger partial charge in [-0.2, -0.15) is 11.8 Å². The molecule has 0 aliphatic rings. The van der Waals surface area contributed by atoms with Crippen LogP contribution in [0.2, 0.25) is 0 Å². The third-order valence-corrected chi connectivity index (χ3v) is 2.88. The first-order valence-electron chi connectivity index (χ1n) is 4.90. The zero-order chi connectivity index (χ0) is 12.0. The molecule has 0 saturated carbocycles. The molecular weight excluding hydrogens is 227 g/mol. The fourth-order valence-electron chi connectivity index (χ4n) is 1.19. The molecule has 2 nitrogen and oxygen atoms in total. The summed E-state index contributed by atoms with van der Waals surface area (Å²) in [5.74, 6) is 0.332. The van der Waals surface area contributed by atoms with Crippen molar-refractivity contribution in [3.8, 4) is 0 Å². The first-order valence-corrected chi connectivity index (χ1v) is 6.06. The lowest BCUT2D eigenvalue weighted by Gasteiger charge is -2.02. The van der Waals surface area contributed by atoms with Gasteiger partial charge >= 0.3 is 5.97 Å². The van der Waals surface area contributed by atoms with Crippen molar-refractivity contribution < 1.29 is 14.3 Å². The fourth-order valence-corrected chi connectivity index (χ4v) is 1.81. The standard InChI is InChI=1S/C12H13FO2S/c1-2-16-8-9-3-5-11(13)10(7-9)4-6-12(14)15/h3-7H,2,8H2,1H3,(H,14,15). The summed E-state index contributed by atoms with van der Waals surface area (Å²) in [5.41, 5.74) is 1.31. The Morgan fingerprint density at radius 3 is 2.94 bits per heavy atom. The fraction of sp³-hybridized carbons (Fsp3) is 0.250. The number of thioether (sulfide) groups is 1. The van der Waals surface area contributed by atoms with Gasteiger partial charge in [-0.3, -0.25) is 0 Å². The minimum atomic E-state index is -1.08. The van der Waals surface area contributed by atoms with Gasteiger partial charge in [-0.05, 0) is 29.5 Å². The second-order valence-electron chi connectivity index (χ2n) is 3.16. The Kier molecular flexibility index (Phi) is 5.05. The molecule has 0 saturated heterocycles.